The van der Waals surface area contributed by atoms with Crippen LogP contribution >= 0.6 is 0 Å². The summed E-state index contributed by atoms with van der Waals surface area (Å²) >= 11 is 0. The number of hydrogen-bond acceptors (Lipinski definition) is 5. The second-order valence-electron chi connectivity index (χ2n) is 8.54. The summed E-state index contributed by atoms with van der Waals surface area (Å²) in [7, 11) is -0.620. The largest absolute Gasteiger partial charge is 0.497 e. The molecule has 0 aromatic heterocycles. The lowest BCUT2D eigenvalue weighted by molar-refractivity contribution is -0.133. The van der Waals surface area contributed by atoms with Crippen LogP contribution in [0.2, 0.25) is 0 Å². The lowest BCUT2D eigenvalue weighted by atomic mass is 10.0. The zero-order chi connectivity index (χ0) is 23.3. The number of nitrogens with zero attached hydrogens (tertiary/aromatic N) is 2. The number of benzene rings is 2. The van der Waals surface area contributed by atoms with Gasteiger partial charge in [0.25, 0.3) is 0 Å². The fourth-order valence-corrected chi connectivity index (χ4v) is 5.28. The van der Waals surface area contributed by atoms with Crippen molar-refractivity contribution in [2.24, 2.45) is 5.92 Å². The Hall–Kier alpha value is -2.58. The molecular formula is C24H33N3O4S. The smallest absolute Gasteiger partial charge is 0.241 e. The quantitative estimate of drug-likeness (QED) is 0.623. The second kappa shape index (κ2) is 10.4. The fourth-order valence-electron chi connectivity index (χ4n) is 3.94. The van der Waals surface area contributed by atoms with E-state index in [0.717, 1.165) is 24.3 Å². The van der Waals surface area contributed by atoms with Crippen LogP contribution in [0.25, 0.3) is 0 Å². The van der Waals surface area contributed by atoms with Crippen molar-refractivity contribution in [3.05, 3.63) is 54.1 Å². The Balaban J connectivity index is 1.76. The van der Waals surface area contributed by atoms with Crippen LogP contribution in [0.1, 0.15) is 32.3 Å². The van der Waals surface area contributed by atoms with E-state index in [-0.39, 0.29) is 16.7 Å². The van der Waals surface area contributed by atoms with E-state index >= 15 is 0 Å². The minimum Gasteiger partial charge on any atom is -0.497 e. The molecule has 174 valence electrons. The molecule has 0 unspecified atom stereocenters. The molecule has 1 saturated heterocycles. The van der Waals surface area contributed by atoms with Crippen molar-refractivity contribution < 1.29 is 17.9 Å². The van der Waals surface area contributed by atoms with Crippen molar-refractivity contribution in [2.45, 2.75) is 44.2 Å². The van der Waals surface area contributed by atoms with Gasteiger partial charge in [0.15, 0.2) is 0 Å². The zero-order valence-corrected chi connectivity index (χ0v) is 20.1. The molecule has 1 amide bonds. The van der Waals surface area contributed by atoms with E-state index in [0.29, 0.717) is 12.3 Å². The molecule has 0 saturated carbocycles. The van der Waals surface area contributed by atoms with Gasteiger partial charge >= 0.3 is 0 Å². The first-order chi connectivity index (χ1) is 15.2. The molecule has 1 heterocycles. The summed E-state index contributed by atoms with van der Waals surface area (Å²) in [6.45, 7) is 6.13. The van der Waals surface area contributed by atoms with Crippen LogP contribution in [0.3, 0.4) is 0 Å². The first-order valence-corrected chi connectivity index (χ1v) is 12.5. The molecule has 1 N–H and O–H groups in total. The van der Waals surface area contributed by atoms with Crippen LogP contribution in [0, 0.1) is 5.92 Å². The highest BCUT2D eigenvalue weighted by Crippen LogP contribution is 2.26. The average Bonchev–Trinajstić information content (AvgIpc) is 3.32. The van der Waals surface area contributed by atoms with Gasteiger partial charge in [-0.2, -0.15) is 4.72 Å². The number of carbonyl (C=O) groups is 1. The van der Waals surface area contributed by atoms with E-state index in [9.17, 15) is 13.2 Å². The van der Waals surface area contributed by atoms with Gasteiger partial charge in [0.2, 0.25) is 15.9 Å². The summed E-state index contributed by atoms with van der Waals surface area (Å²) in [5.41, 5.74) is 2.20. The minimum absolute atomic E-state index is 0.0961. The first-order valence-electron chi connectivity index (χ1n) is 11.0. The van der Waals surface area contributed by atoms with Crippen molar-refractivity contribution in [1.82, 2.24) is 9.62 Å². The maximum atomic E-state index is 13.3. The van der Waals surface area contributed by atoms with E-state index in [4.69, 9.17) is 4.74 Å². The number of likely N-dealkylation sites (N-methyl/N-ethyl adjacent to an activating group) is 1. The van der Waals surface area contributed by atoms with Gasteiger partial charge in [-0.25, -0.2) is 8.42 Å². The molecule has 1 aliphatic heterocycles. The number of carbonyl (C=O) groups excluding carboxylic acids is 1. The zero-order valence-electron chi connectivity index (χ0n) is 19.2. The molecule has 2 aromatic carbocycles. The molecule has 0 bridgehead atoms. The highest BCUT2D eigenvalue weighted by atomic mass is 32.2. The normalized spacial score (nSPS) is 15.1. The number of hydrogen-bond donors (Lipinski definition) is 1. The van der Waals surface area contributed by atoms with Gasteiger partial charge in [-0.05, 0) is 54.7 Å². The summed E-state index contributed by atoms with van der Waals surface area (Å²) in [6, 6.07) is 13.3. The molecule has 7 nitrogen and oxygen atoms in total. The summed E-state index contributed by atoms with van der Waals surface area (Å²) in [5.74, 6) is 0.0944. The molecule has 2 aromatic rings. The van der Waals surface area contributed by atoms with Crippen molar-refractivity contribution >= 4 is 21.6 Å². The number of methoxy groups -OCH3 is 1. The first kappa shape index (κ1) is 24.1. The third-order valence-corrected chi connectivity index (χ3v) is 7.26. The second-order valence-corrected chi connectivity index (χ2v) is 10.2. The van der Waals surface area contributed by atoms with Gasteiger partial charge in [0.05, 0.1) is 12.0 Å². The lowest BCUT2D eigenvalue weighted by Gasteiger charge is -2.29. The monoisotopic (exact) mass is 459 g/mol. The Morgan fingerprint density at radius 3 is 2.31 bits per heavy atom. The molecule has 1 atom stereocenters. The summed E-state index contributed by atoms with van der Waals surface area (Å²) in [4.78, 5) is 17.3. The number of nitrogens with one attached hydrogen (secondary N) is 1. The van der Waals surface area contributed by atoms with Crippen molar-refractivity contribution in [3.8, 4) is 5.75 Å². The molecule has 0 aliphatic carbocycles. The molecule has 3 rings (SSSR count). The van der Waals surface area contributed by atoms with Crippen molar-refractivity contribution in [1.29, 1.82) is 0 Å². The van der Waals surface area contributed by atoms with Crippen LogP contribution in [0.5, 0.6) is 5.75 Å². The summed E-state index contributed by atoms with van der Waals surface area (Å²) < 4.78 is 33.6. The lowest BCUT2D eigenvalue weighted by Crippen LogP contribution is -2.49. The molecule has 1 fully saturated rings. The van der Waals surface area contributed by atoms with Crippen molar-refractivity contribution in [2.75, 3.05) is 32.1 Å². The third-order valence-electron chi connectivity index (χ3n) is 5.81. The highest BCUT2D eigenvalue weighted by molar-refractivity contribution is 7.89. The Labute approximate surface area is 191 Å². The number of para-hydroxylation sites is 1. The number of sulfonamides is 1. The van der Waals surface area contributed by atoms with Crippen LogP contribution < -0.4 is 14.4 Å². The maximum Gasteiger partial charge on any atom is 0.241 e. The molecule has 0 spiro atoms. The topological polar surface area (TPSA) is 78.9 Å². The third kappa shape index (κ3) is 5.61. The van der Waals surface area contributed by atoms with Gasteiger partial charge in [-0.3, -0.25) is 4.79 Å². The van der Waals surface area contributed by atoms with Crippen LogP contribution in [0.4, 0.5) is 5.69 Å². The van der Waals surface area contributed by atoms with E-state index in [2.05, 4.69) is 15.7 Å². The molecule has 0 radical (unpaired) electrons. The molecule has 32 heavy (non-hydrogen) atoms. The number of amides is 1. The van der Waals surface area contributed by atoms with Crippen LogP contribution in [-0.4, -0.2) is 52.5 Å². The van der Waals surface area contributed by atoms with Gasteiger partial charge in [0, 0.05) is 32.4 Å². The molecule has 1 aliphatic rings. The van der Waals surface area contributed by atoms with Crippen LogP contribution in [-0.2, 0) is 21.4 Å². The Kier molecular flexibility index (Phi) is 7.79. The predicted octanol–water partition coefficient (Wildman–Crippen LogP) is 3.26. The van der Waals surface area contributed by atoms with Gasteiger partial charge in [-0.15, -0.1) is 0 Å². The van der Waals surface area contributed by atoms with E-state index in [1.807, 2.05) is 32.0 Å². The molecule has 8 heteroatoms. The van der Waals surface area contributed by atoms with Gasteiger partial charge in [-0.1, -0.05) is 32.0 Å². The van der Waals surface area contributed by atoms with E-state index < -0.39 is 16.1 Å². The standard InChI is InChI=1S/C24H33N3O4S/c1-18(2)23(25-32(29,30)21-13-11-20(31-4)12-14-21)24(28)26(3)17-19-9-5-6-10-22(19)27-15-7-8-16-27/h5-6,9-14,18,23,25H,7-8,15-17H2,1-4H3/t23-/m0/s1. The Bertz CT molecular complexity index is 1020. The summed E-state index contributed by atoms with van der Waals surface area (Å²) in [6.07, 6.45) is 2.34. The minimum atomic E-state index is -3.86. The number of ether oxygens (including phenoxy) is 1. The van der Waals surface area contributed by atoms with E-state index in [1.54, 1.807) is 24.1 Å². The van der Waals surface area contributed by atoms with Crippen molar-refractivity contribution in [3.63, 3.8) is 0 Å². The average molecular weight is 460 g/mol. The van der Waals surface area contributed by atoms with Gasteiger partial charge < -0.3 is 14.5 Å². The Morgan fingerprint density at radius 2 is 1.72 bits per heavy atom. The predicted molar refractivity (Wildman–Crippen MR) is 126 cm³/mol. The Morgan fingerprint density at radius 1 is 1.09 bits per heavy atom. The highest BCUT2D eigenvalue weighted by Gasteiger charge is 2.31. The fraction of sp³-hybridized carbons (Fsp3) is 0.458. The SMILES string of the molecule is COc1ccc(S(=O)(=O)N[C@H](C(=O)N(C)Cc2ccccc2N2CCCC2)C(C)C)cc1. The van der Waals surface area contributed by atoms with E-state index in [1.165, 1.54) is 32.1 Å². The maximum absolute atomic E-state index is 13.3. The van der Waals surface area contributed by atoms with Crippen LogP contribution in [0.15, 0.2) is 53.4 Å². The number of anilines is 1. The molecular weight excluding hydrogens is 426 g/mol. The van der Waals surface area contributed by atoms with Gasteiger partial charge in [0.1, 0.15) is 11.8 Å². The number of rotatable bonds is 9. The summed E-state index contributed by atoms with van der Waals surface area (Å²) in [5, 5.41) is 0.